The van der Waals surface area contributed by atoms with Crippen LogP contribution >= 0.6 is 21.6 Å². The van der Waals surface area contributed by atoms with Crippen molar-refractivity contribution in [1.82, 2.24) is 47.4 Å². The van der Waals surface area contributed by atoms with Crippen LogP contribution < -0.4 is 75.4 Å². The Balaban J connectivity index is 1.69. The molecule has 0 unspecified atom stereocenters. The third kappa shape index (κ3) is 25.9. The minimum atomic E-state index is -5.42. The number of aliphatic imine (C=N–C) groups is 1. The van der Waals surface area contributed by atoms with Gasteiger partial charge in [0.05, 0.1) is 24.5 Å². The molecule has 90 heavy (non-hydrogen) atoms. The Morgan fingerprint density at radius 3 is 1.98 bits per heavy atom. The zero-order valence-corrected chi connectivity index (χ0v) is 50.8. The summed E-state index contributed by atoms with van der Waals surface area (Å²) in [5, 5.41) is 28.5. The van der Waals surface area contributed by atoms with Crippen LogP contribution in [0.15, 0.2) is 59.6 Å². The number of hydrogen-bond acceptors (Lipinski definition) is 20. The number of benzene rings is 2. The van der Waals surface area contributed by atoms with Gasteiger partial charge in [0.25, 0.3) is 0 Å². The number of carbonyl (C=O) groups is 13. The highest BCUT2D eigenvalue weighted by Crippen LogP contribution is 2.27. The number of terminal acetylenes is 1. The van der Waals surface area contributed by atoms with E-state index < -0.39 is 186 Å². The maximum Gasteiger partial charge on any atom is 0.488 e. The minimum Gasteiger partial charge on any atom is -0.480 e. The fourth-order valence-electron chi connectivity index (χ4n) is 9.08. The number of primary amides is 2. The number of likely N-dealkylation sites (tertiary alicyclic amines) is 1. The maximum atomic E-state index is 14.8. The Bertz CT molecular complexity index is 3140. The van der Waals surface area contributed by atoms with Gasteiger partial charge in [0.15, 0.2) is 11.7 Å². The van der Waals surface area contributed by atoms with Crippen LogP contribution in [0.2, 0.25) is 0 Å². The smallest absolute Gasteiger partial charge is 0.480 e. The van der Waals surface area contributed by atoms with E-state index in [0.29, 0.717) is 5.56 Å². The van der Waals surface area contributed by atoms with E-state index in [4.69, 9.17) is 40.2 Å². The SMILES string of the molecule is C#CC[C@H](NC(=O)CNC(=O)[C@H](CCCN=C(N)N)NC(=O)[C@@H]1CCCN1C(=O)[C@@H]1CSSC[C@H](N)C(=O)N[C@@H](Cc2ccc(OS(=O)(=O)F)cc2)C(=O)N[C@@H](Cc2ccccc2)C(=O)N[C@@H](CCC(N)=O)C(=O)C[C@@H](CC(N)=O)C(=O)N1)C(=O)NCC(=O)O. The van der Waals surface area contributed by atoms with E-state index in [-0.39, 0.29) is 81.1 Å². The van der Waals surface area contributed by atoms with E-state index in [1.807, 2.05) is 0 Å². The highest BCUT2D eigenvalue weighted by molar-refractivity contribution is 8.76. The monoisotopic (exact) mass is 1320 g/mol. The number of hydrogen-bond donors (Lipinski definition) is 14. The first-order chi connectivity index (χ1) is 42.5. The van der Waals surface area contributed by atoms with Crippen molar-refractivity contribution in [2.24, 2.45) is 39.6 Å². The summed E-state index contributed by atoms with van der Waals surface area (Å²) in [6.45, 7) is -1.65. The number of carbonyl (C=O) groups excluding carboxylic acids is 12. The van der Waals surface area contributed by atoms with Gasteiger partial charge in [0, 0.05) is 63.1 Å². The summed E-state index contributed by atoms with van der Waals surface area (Å²) < 4.78 is 39.9. The fraction of sp³-hybridized carbons (Fsp3) is 0.481. The zero-order chi connectivity index (χ0) is 66.7. The number of carboxylic acid groups (broad SMARTS) is 1. The van der Waals surface area contributed by atoms with Gasteiger partial charge in [-0.05, 0) is 55.4 Å². The number of nitrogens with one attached hydrogen (secondary N) is 8. The average Bonchev–Trinajstić information content (AvgIpc) is 1.85. The number of rotatable bonds is 26. The van der Waals surface area contributed by atoms with E-state index in [0.717, 1.165) is 38.6 Å². The third-order valence-corrected chi connectivity index (χ3v) is 16.3. The van der Waals surface area contributed by atoms with Gasteiger partial charge in [0.1, 0.15) is 48.5 Å². The highest BCUT2D eigenvalue weighted by Gasteiger charge is 2.41. The molecule has 2 aliphatic rings. The summed E-state index contributed by atoms with van der Waals surface area (Å²) >= 11 is 0. The molecule has 0 saturated carbocycles. The first kappa shape index (κ1) is 73.4. The van der Waals surface area contributed by atoms with Crippen molar-refractivity contribution >= 4 is 115 Å². The van der Waals surface area contributed by atoms with Gasteiger partial charge >= 0.3 is 16.5 Å². The minimum absolute atomic E-state index is 0.0149. The molecule has 2 saturated heterocycles. The van der Waals surface area contributed by atoms with Gasteiger partial charge in [-0.15, -0.1) is 12.3 Å². The highest BCUT2D eigenvalue weighted by atomic mass is 33.1. The second-order valence-electron chi connectivity index (χ2n) is 20.5. The predicted molar refractivity (Wildman–Crippen MR) is 323 cm³/mol. The molecular weight excluding hydrogens is 1250 g/mol. The van der Waals surface area contributed by atoms with E-state index in [2.05, 4.69) is 57.6 Å². The molecule has 490 valence electrons. The second-order valence-corrected chi connectivity index (χ2v) is 24.0. The van der Waals surface area contributed by atoms with Crippen LogP contribution in [0.4, 0.5) is 3.89 Å². The first-order valence-corrected chi connectivity index (χ1v) is 31.6. The Kier molecular flexibility index (Phi) is 29.7. The van der Waals surface area contributed by atoms with Crippen LogP contribution in [-0.2, 0) is 85.7 Å². The lowest BCUT2D eigenvalue weighted by atomic mass is 9.92. The number of Topliss-reactive ketones (excluding diaryl/α,β-unsaturated/α-hetero) is 1. The Morgan fingerprint density at radius 1 is 0.778 bits per heavy atom. The molecule has 0 aromatic heterocycles. The molecule has 2 fully saturated rings. The summed E-state index contributed by atoms with van der Waals surface area (Å²) in [5.41, 5.74) is 29.1. The molecule has 4 rings (SSSR count). The van der Waals surface area contributed by atoms with E-state index in [1.54, 1.807) is 30.3 Å². The topological polar surface area (TPSA) is 527 Å². The van der Waals surface area contributed by atoms with Gasteiger partial charge in [-0.1, -0.05) is 67.9 Å². The van der Waals surface area contributed by atoms with Crippen molar-refractivity contribution in [2.75, 3.05) is 37.7 Å². The molecule has 0 aliphatic carbocycles. The Morgan fingerprint density at radius 2 is 1.38 bits per heavy atom. The van der Waals surface area contributed by atoms with Crippen molar-refractivity contribution in [3.63, 3.8) is 0 Å². The standard InChI is InChI=1S/C54H72FN15O17S3/c1-2-8-35(48(79)63-26-45(75)76)64-44(74)25-62-49(80)36(11-6-19-61-54(59)60)66-52(83)40-12-7-20-70(40)53(84)39-28-89-88-27-33(56)47(78)67-37(22-30-13-15-32(16-14-30)87-90(55,85)86)51(82)68-38(21-29-9-4-3-5-10-29)50(81)65-34(17-18-42(57)72)41(71)23-31(24-43(58)73)46(77)69-39/h1,3-5,9-10,13-16,31,33-40H,6-8,11-12,17-28,56H2,(H2,57,72)(H2,58,73)(H,62,80)(H,63,79)(H,64,74)(H,65,81)(H,66,83)(H,67,78)(H,68,82)(H,69,77)(H,75,76)(H4,59,60,61)/t31-,33-,34-,35-,36-,37-,38-,39-,40-/m0/s1. The summed E-state index contributed by atoms with van der Waals surface area (Å²) in [7, 11) is -3.58. The first-order valence-electron chi connectivity index (χ1n) is 27.8. The zero-order valence-electron chi connectivity index (χ0n) is 48.4. The molecule has 0 radical (unpaired) electrons. The largest absolute Gasteiger partial charge is 0.488 e. The van der Waals surface area contributed by atoms with Crippen LogP contribution in [0.3, 0.4) is 0 Å². The van der Waals surface area contributed by atoms with Gasteiger partial charge in [0.2, 0.25) is 65.0 Å². The van der Waals surface area contributed by atoms with Crippen LogP contribution in [0, 0.1) is 18.3 Å². The third-order valence-electron chi connectivity index (χ3n) is 13.5. The molecule has 9 atom stereocenters. The van der Waals surface area contributed by atoms with Crippen molar-refractivity contribution in [3.8, 4) is 18.1 Å². The number of halogens is 1. The van der Waals surface area contributed by atoms with Crippen LogP contribution in [0.25, 0.3) is 0 Å². The summed E-state index contributed by atoms with van der Waals surface area (Å²) in [6, 6.07) is 1.05. The number of ketones is 1. The molecule has 0 bridgehead atoms. The number of aliphatic carboxylic acids is 1. The molecule has 2 aromatic rings. The fourth-order valence-corrected chi connectivity index (χ4v) is 11.7. The van der Waals surface area contributed by atoms with E-state index in [9.17, 15) is 74.6 Å². The van der Waals surface area contributed by atoms with Crippen LogP contribution in [0.1, 0.15) is 68.9 Å². The van der Waals surface area contributed by atoms with Gasteiger partial charge in [-0.3, -0.25) is 67.3 Å². The molecule has 32 nitrogen and oxygen atoms in total. The van der Waals surface area contributed by atoms with Crippen molar-refractivity contribution in [1.29, 1.82) is 0 Å². The lowest BCUT2D eigenvalue weighted by Crippen LogP contribution is -2.58. The number of guanidine groups is 1. The predicted octanol–water partition coefficient (Wildman–Crippen LogP) is -5.20. The Hall–Kier alpha value is -9.08. The number of amides is 11. The Labute approximate surface area is 524 Å². The van der Waals surface area contributed by atoms with E-state index in [1.165, 1.54) is 12.1 Å². The summed E-state index contributed by atoms with van der Waals surface area (Å²) in [5.74, 6) is -13.5. The van der Waals surface area contributed by atoms with Gasteiger partial charge in [-0.2, -0.15) is 8.42 Å². The second kappa shape index (κ2) is 36.4. The molecule has 19 N–H and O–H groups in total. The average molecular weight is 1320 g/mol. The number of carboxylic acids is 1. The quantitative estimate of drug-likeness (QED) is 0.0105. The van der Waals surface area contributed by atoms with Crippen molar-refractivity contribution < 1.29 is 83.9 Å². The van der Waals surface area contributed by atoms with E-state index >= 15 is 0 Å². The summed E-state index contributed by atoms with van der Waals surface area (Å²) in [6.07, 6.45) is 1.98. The van der Waals surface area contributed by atoms with Crippen molar-refractivity contribution in [2.45, 2.75) is 119 Å². The number of nitrogens with two attached hydrogens (primary N) is 5. The van der Waals surface area contributed by atoms with Crippen LogP contribution in [0.5, 0.6) is 5.75 Å². The maximum absolute atomic E-state index is 14.8. The van der Waals surface area contributed by atoms with Crippen molar-refractivity contribution in [3.05, 3.63) is 65.7 Å². The number of nitrogens with zero attached hydrogens (tertiary/aromatic N) is 2. The summed E-state index contributed by atoms with van der Waals surface area (Å²) in [4.78, 5) is 181. The normalized spacial score (nSPS) is 21.1. The molecule has 2 aliphatic heterocycles. The molecule has 2 aromatic carbocycles. The van der Waals surface area contributed by atoms with Gasteiger partial charge in [-0.25, -0.2) is 0 Å². The molecule has 2 heterocycles. The molecule has 0 spiro atoms. The van der Waals surface area contributed by atoms with Gasteiger partial charge < -0.3 is 85.4 Å². The molecular formula is C54H72FN15O17S3. The molecule has 11 amide bonds. The lowest BCUT2D eigenvalue weighted by molar-refractivity contribution is -0.142. The van der Waals surface area contributed by atoms with Crippen LogP contribution in [-0.4, -0.2) is 187 Å². The lowest BCUT2D eigenvalue weighted by Gasteiger charge is -2.30. The molecule has 36 heteroatoms.